The molecular formula is C15H27N3S. The fourth-order valence-corrected chi connectivity index (χ4v) is 4.18. The molecule has 0 saturated heterocycles. The SMILES string of the molecule is CCNC(CSC1CCCCC1)Cc1nccn1C. The first-order valence-corrected chi connectivity index (χ1v) is 8.65. The van der Waals surface area contributed by atoms with Gasteiger partial charge in [0.05, 0.1) is 0 Å². The molecule has 19 heavy (non-hydrogen) atoms. The monoisotopic (exact) mass is 281 g/mol. The summed E-state index contributed by atoms with van der Waals surface area (Å²) < 4.78 is 2.13. The van der Waals surface area contributed by atoms with Gasteiger partial charge in [0.15, 0.2) is 0 Å². The molecular weight excluding hydrogens is 254 g/mol. The van der Waals surface area contributed by atoms with Gasteiger partial charge in [-0.15, -0.1) is 0 Å². The first-order valence-electron chi connectivity index (χ1n) is 7.60. The Morgan fingerprint density at radius 3 is 2.84 bits per heavy atom. The van der Waals surface area contributed by atoms with Gasteiger partial charge >= 0.3 is 0 Å². The van der Waals surface area contributed by atoms with E-state index in [-0.39, 0.29) is 0 Å². The number of nitrogens with zero attached hydrogens (tertiary/aromatic N) is 2. The predicted octanol–water partition coefficient (Wildman–Crippen LogP) is 3.01. The number of likely N-dealkylation sites (N-methyl/N-ethyl adjacent to an activating group) is 1. The van der Waals surface area contributed by atoms with Gasteiger partial charge in [-0.3, -0.25) is 0 Å². The zero-order valence-electron chi connectivity index (χ0n) is 12.3. The number of thioether (sulfide) groups is 1. The minimum absolute atomic E-state index is 0.554. The number of aromatic nitrogens is 2. The largest absolute Gasteiger partial charge is 0.338 e. The Morgan fingerprint density at radius 1 is 1.42 bits per heavy atom. The Labute approximate surface area is 121 Å². The molecule has 1 N–H and O–H groups in total. The second kappa shape index (κ2) is 7.95. The van der Waals surface area contributed by atoms with Crippen LogP contribution in [0.4, 0.5) is 0 Å². The highest BCUT2D eigenvalue weighted by Gasteiger charge is 2.17. The lowest BCUT2D eigenvalue weighted by atomic mass is 10.0. The molecule has 1 fully saturated rings. The molecule has 1 atom stereocenters. The van der Waals surface area contributed by atoms with E-state index >= 15 is 0 Å². The van der Waals surface area contributed by atoms with Gasteiger partial charge in [0.2, 0.25) is 0 Å². The van der Waals surface area contributed by atoms with E-state index in [9.17, 15) is 0 Å². The molecule has 1 unspecified atom stereocenters. The van der Waals surface area contributed by atoms with Crippen molar-refractivity contribution in [2.75, 3.05) is 12.3 Å². The summed E-state index contributed by atoms with van der Waals surface area (Å²) in [5.74, 6) is 2.40. The molecule has 2 rings (SSSR count). The van der Waals surface area contributed by atoms with Gasteiger partial charge in [0.1, 0.15) is 5.82 Å². The van der Waals surface area contributed by atoms with Crippen molar-refractivity contribution in [3.8, 4) is 0 Å². The van der Waals surface area contributed by atoms with E-state index in [0.717, 1.165) is 18.2 Å². The molecule has 108 valence electrons. The molecule has 0 aromatic carbocycles. The third-order valence-corrected chi connectivity index (χ3v) is 5.47. The molecule has 4 heteroatoms. The zero-order valence-corrected chi connectivity index (χ0v) is 13.1. The second-order valence-electron chi connectivity index (χ2n) is 5.51. The number of aryl methyl sites for hydroxylation is 1. The highest BCUT2D eigenvalue weighted by molar-refractivity contribution is 7.99. The third kappa shape index (κ3) is 4.84. The molecule has 1 heterocycles. The summed E-state index contributed by atoms with van der Waals surface area (Å²) in [6.45, 7) is 3.23. The molecule has 0 amide bonds. The summed E-state index contributed by atoms with van der Waals surface area (Å²) in [7, 11) is 2.08. The maximum absolute atomic E-state index is 4.45. The fraction of sp³-hybridized carbons (Fsp3) is 0.800. The maximum Gasteiger partial charge on any atom is 0.109 e. The van der Waals surface area contributed by atoms with Gasteiger partial charge < -0.3 is 9.88 Å². The molecule has 1 aromatic rings. The molecule has 0 spiro atoms. The molecule has 1 aromatic heterocycles. The molecule has 0 bridgehead atoms. The quantitative estimate of drug-likeness (QED) is 0.833. The third-order valence-electron chi connectivity index (χ3n) is 3.93. The second-order valence-corrected chi connectivity index (χ2v) is 6.84. The number of hydrogen-bond donors (Lipinski definition) is 1. The summed E-state index contributed by atoms with van der Waals surface area (Å²) in [6, 6.07) is 0.554. The van der Waals surface area contributed by atoms with E-state index in [1.165, 1.54) is 43.7 Å². The van der Waals surface area contributed by atoms with Crippen molar-refractivity contribution in [1.82, 2.24) is 14.9 Å². The molecule has 0 radical (unpaired) electrons. The van der Waals surface area contributed by atoms with Crippen molar-refractivity contribution < 1.29 is 0 Å². The smallest absolute Gasteiger partial charge is 0.109 e. The number of imidazole rings is 1. The first-order chi connectivity index (χ1) is 9.29. The van der Waals surface area contributed by atoms with Gasteiger partial charge in [0.25, 0.3) is 0 Å². The molecule has 1 aliphatic carbocycles. The van der Waals surface area contributed by atoms with Gasteiger partial charge in [-0.1, -0.05) is 26.2 Å². The van der Waals surface area contributed by atoms with Crippen LogP contribution in [0.25, 0.3) is 0 Å². The van der Waals surface area contributed by atoms with Crippen LogP contribution in [-0.4, -0.2) is 33.1 Å². The van der Waals surface area contributed by atoms with Crippen molar-refractivity contribution in [3.63, 3.8) is 0 Å². The lowest BCUT2D eigenvalue weighted by Gasteiger charge is -2.24. The van der Waals surface area contributed by atoms with Crippen molar-refractivity contribution in [2.45, 2.75) is 56.7 Å². The Kier molecular flexibility index (Phi) is 6.24. The standard InChI is InChI=1S/C15H27N3S/c1-3-16-13(11-15-17-9-10-18(15)2)12-19-14-7-5-4-6-8-14/h9-10,13-14,16H,3-8,11-12H2,1-2H3. The van der Waals surface area contributed by atoms with Crippen LogP contribution in [0, 0.1) is 0 Å². The normalized spacial score (nSPS) is 18.6. The van der Waals surface area contributed by atoms with E-state index in [1.54, 1.807) is 0 Å². The highest BCUT2D eigenvalue weighted by atomic mass is 32.2. The minimum atomic E-state index is 0.554. The van der Waals surface area contributed by atoms with E-state index in [4.69, 9.17) is 0 Å². The Bertz CT molecular complexity index is 358. The highest BCUT2D eigenvalue weighted by Crippen LogP contribution is 2.28. The number of rotatable bonds is 7. The Balaban J connectivity index is 1.80. The number of nitrogens with one attached hydrogen (secondary N) is 1. The van der Waals surface area contributed by atoms with Crippen LogP contribution in [-0.2, 0) is 13.5 Å². The number of hydrogen-bond acceptors (Lipinski definition) is 3. The average Bonchev–Trinajstić information content (AvgIpc) is 2.83. The van der Waals surface area contributed by atoms with Gasteiger partial charge in [-0.05, 0) is 19.4 Å². The van der Waals surface area contributed by atoms with Crippen molar-refractivity contribution in [1.29, 1.82) is 0 Å². The lowest BCUT2D eigenvalue weighted by molar-refractivity contribution is 0.511. The van der Waals surface area contributed by atoms with E-state index in [1.807, 2.05) is 12.4 Å². The zero-order chi connectivity index (χ0) is 13.5. The van der Waals surface area contributed by atoms with E-state index in [2.05, 4.69) is 40.6 Å². The van der Waals surface area contributed by atoms with Gasteiger partial charge in [-0.25, -0.2) is 4.98 Å². The van der Waals surface area contributed by atoms with Crippen LogP contribution in [0.2, 0.25) is 0 Å². The first kappa shape index (κ1) is 14.9. The molecule has 1 aliphatic rings. The van der Waals surface area contributed by atoms with Crippen molar-refractivity contribution >= 4 is 11.8 Å². The fourth-order valence-electron chi connectivity index (χ4n) is 2.78. The van der Waals surface area contributed by atoms with Crippen LogP contribution in [0.5, 0.6) is 0 Å². The maximum atomic E-state index is 4.45. The van der Waals surface area contributed by atoms with Crippen LogP contribution < -0.4 is 5.32 Å². The summed E-state index contributed by atoms with van der Waals surface area (Å²) in [6.07, 6.45) is 12.1. The Hall–Kier alpha value is -0.480. The minimum Gasteiger partial charge on any atom is -0.338 e. The summed E-state index contributed by atoms with van der Waals surface area (Å²) in [5, 5.41) is 4.51. The van der Waals surface area contributed by atoms with Crippen molar-refractivity contribution in [2.24, 2.45) is 7.05 Å². The van der Waals surface area contributed by atoms with E-state index in [0.29, 0.717) is 6.04 Å². The van der Waals surface area contributed by atoms with Crippen molar-refractivity contribution in [3.05, 3.63) is 18.2 Å². The topological polar surface area (TPSA) is 29.9 Å². The van der Waals surface area contributed by atoms with Gasteiger partial charge in [0, 0.05) is 42.9 Å². The molecule has 3 nitrogen and oxygen atoms in total. The van der Waals surface area contributed by atoms with E-state index < -0.39 is 0 Å². The van der Waals surface area contributed by atoms with Crippen LogP contribution >= 0.6 is 11.8 Å². The Morgan fingerprint density at radius 2 is 2.21 bits per heavy atom. The van der Waals surface area contributed by atoms with Gasteiger partial charge in [-0.2, -0.15) is 11.8 Å². The average molecular weight is 281 g/mol. The van der Waals surface area contributed by atoms with Crippen LogP contribution in [0.15, 0.2) is 12.4 Å². The predicted molar refractivity (Wildman–Crippen MR) is 83.7 cm³/mol. The van der Waals surface area contributed by atoms with Crippen LogP contribution in [0.3, 0.4) is 0 Å². The molecule has 1 saturated carbocycles. The van der Waals surface area contributed by atoms with Crippen LogP contribution in [0.1, 0.15) is 44.9 Å². The summed E-state index contributed by atoms with van der Waals surface area (Å²) >= 11 is 2.17. The summed E-state index contributed by atoms with van der Waals surface area (Å²) in [5.41, 5.74) is 0. The summed E-state index contributed by atoms with van der Waals surface area (Å²) in [4.78, 5) is 4.45. The lowest BCUT2D eigenvalue weighted by Crippen LogP contribution is -2.34. The molecule has 0 aliphatic heterocycles.